The Morgan fingerprint density at radius 1 is 0.126 bits per heavy atom. The number of rotatable bonds is 62. The maximum Gasteiger partial charge on any atom is 0.498 e. The molecule has 0 aromatic carbocycles. The van der Waals surface area contributed by atoms with Crippen LogP contribution in [0, 0.1) is 0 Å². The number of aliphatic hydroxyl groups excluding tert-OH is 2. The van der Waals surface area contributed by atoms with Crippen LogP contribution in [0.25, 0.3) is 0 Å². The fraction of sp³-hybridized carbons (Fsp3) is 1.00. The Morgan fingerprint density at radius 2 is 0.244 bits per heavy atom. The molecule has 0 aromatic heterocycles. The van der Waals surface area contributed by atoms with Crippen molar-refractivity contribution in [1.29, 1.82) is 0 Å². The van der Waals surface area contributed by atoms with Crippen LogP contribution in [-0.4, -0.2) is 269 Å². The minimum absolute atomic E-state index is 0.257. The van der Waals surface area contributed by atoms with Crippen LogP contribution in [0.4, 0.5) is 237 Å². The third kappa shape index (κ3) is 33.3. The van der Waals surface area contributed by atoms with Gasteiger partial charge in [-0.1, -0.05) is 0 Å². The molecule has 78 heteroatoms. The Labute approximate surface area is 610 Å². The molecule has 0 unspecified atom stereocenters. The quantitative estimate of drug-likeness (QED) is 0.0326. The lowest BCUT2D eigenvalue weighted by Crippen LogP contribution is -2.63. The molecule has 0 radical (unpaired) electrons. The number of ether oxygens (including phenoxy) is 22. The number of halogens is 54. The fourth-order valence-corrected chi connectivity index (χ4v) is 5.25. The number of hydrogen-bond acceptors (Lipinski definition) is 24. The van der Waals surface area contributed by atoms with E-state index in [1.165, 1.54) is 18.9 Å². The smallest absolute Gasteiger partial charge is 0.394 e. The molecule has 2 N–H and O–H groups in total. The average Bonchev–Trinajstić information content (AvgIpc) is 0.750. The van der Waals surface area contributed by atoms with Crippen molar-refractivity contribution < 1.29 is 352 Å². The molecule has 0 bridgehead atoms. The first-order chi connectivity index (χ1) is 51.9. The Balaban J connectivity index is 6.46. The molecule has 716 valence electrons. The zero-order valence-corrected chi connectivity index (χ0v) is 53.7. The summed E-state index contributed by atoms with van der Waals surface area (Å²) in [5.74, 6) is 0. The van der Waals surface area contributed by atoms with Gasteiger partial charge in [0.2, 0.25) is 0 Å². The number of alkyl halides is 54. The molecular formula is C41H30F54O24. The van der Waals surface area contributed by atoms with Gasteiger partial charge in [-0.2, -0.15) is 193 Å². The molecule has 0 atom stereocenters. The summed E-state index contributed by atoms with van der Waals surface area (Å²) in [6.45, 7) is -12.2. The molecule has 0 fully saturated rings. The Hall–Kier alpha value is -4.74. The summed E-state index contributed by atoms with van der Waals surface area (Å²) in [5, 5.41) is 16.9. The van der Waals surface area contributed by atoms with Crippen LogP contribution in [0.3, 0.4) is 0 Å². The zero-order chi connectivity index (χ0) is 95.0. The van der Waals surface area contributed by atoms with Gasteiger partial charge in [0.25, 0.3) is 0 Å². The van der Waals surface area contributed by atoms with Crippen molar-refractivity contribution in [2.24, 2.45) is 0 Å². The summed E-state index contributed by atoms with van der Waals surface area (Å²) in [6.07, 6.45) is -223. The van der Waals surface area contributed by atoms with Crippen LogP contribution in [0.2, 0.25) is 0 Å². The normalized spacial score (nSPS) is 15.9. The van der Waals surface area contributed by atoms with Gasteiger partial charge in [0.05, 0.1) is 79.3 Å². The molecule has 0 aliphatic carbocycles. The predicted molar refractivity (Wildman–Crippen MR) is 230 cm³/mol. The molecule has 0 saturated carbocycles. The first-order valence-electron chi connectivity index (χ1n) is 27.0. The molecule has 0 saturated heterocycles. The van der Waals surface area contributed by atoms with Crippen LogP contribution in [0.5, 0.6) is 0 Å². The number of aliphatic hydroxyl groups is 2. The van der Waals surface area contributed by atoms with Crippen molar-refractivity contribution in [1.82, 2.24) is 0 Å². The second kappa shape index (κ2) is 38.2. The highest BCUT2D eigenvalue weighted by Gasteiger charge is 2.84. The Kier molecular flexibility index (Phi) is 36.7. The van der Waals surface area contributed by atoms with Gasteiger partial charge < -0.3 is 38.6 Å². The van der Waals surface area contributed by atoms with Crippen LogP contribution in [0.1, 0.15) is 0 Å². The van der Waals surface area contributed by atoms with Crippen molar-refractivity contribution in [3.05, 3.63) is 0 Å². The van der Waals surface area contributed by atoms with Gasteiger partial charge in [0.1, 0.15) is 13.2 Å². The third-order valence-corrected chi connectivity index (χ3v) is 9.94. The molecule has 0 rings (SSSR count). The largest absolute Gasteiger partial charge is 0.498 e. The first kappa shape index (κ1) is 114. The molecule has 0 aliphatic heterocycles. The van der Waals surface area contributed by atoms with E-state index in [1.54, 1.807) is 4.74 Å². The summed E-state index contributed by atoms with van der Waals surface area (Å²) in [7, 11) is 0. The standard InChI is InChI=1S/C41H30F54O24/c42-15(43,13-102-11-9-100-7-5-98-3-1-96)104-17(46,47)18(48,49)106-19(50,51)20(52,53)107-21(54,55)22(56,57)108-23(58,59)24(60,61)109-25(62,63)26(64,65)110-27(66,67)28(68,69)111-29(70,71)30(72,73)112-31(74,75)32(76,77)113-33(78,79)34(80,81)114-35(82,83)36(84,85)115-38(88,89)117-40(92,93)119-41(94,95)118-39(90,91)116-37(86,87)105-16(44,45)14-103-12-10-101-8-6-99-4-2-97/h96-97H,1-14H2. The van der Waals surface area contributed by atoms with E-state index in [1.807, 2.05) is 9.47 Å². The SMILES string of the molecule is OCCOCCOCCOCC(F)(F)OC(F)(F)OC(F)(F)OC(F)(F)OC(F)(F)OC(F)(F)OC(F)(F)C(F)(F)OC(F)(F)C(F)(F)OC(F)(F)C(F)(F)OC(F)(F)C(F)(F)OC(F)(F)C(F)(F)OC(F)(F)C(F)(F)OC(F)(F)C(F)(F)OC(F)(F)C(F)(F)OC(F)(F)C(F)(F)OC(F)(F)C(F)(F)OC(F)(F)COCCOCCOCCO. The molecule has 0 aliphatic rings. The van der Waals surface area contributed by atoms with Crippen molar-refractivity contribution in [3.63, 3.8) is 0 Å². The summed E-state index contributed by atoms with van der Waals surface area (Å²) >= 11 is 0. The molecular weight excluding hydrogens is 1900 g/mol. The van der Waals surface area contributed by atoms with Gasteiger partial charge in [0.15, 0.2) is 0 Å². The van der Waals surface area contributed by atoms with E-state index in [9.17, 15) is 237 Å². The van der Waals surface area contributed by atoms with Gasteiger partial charge in [-0.15, -0.1) is 43.9 Å². The van der Waals surface area contributed by atoms with Gasteiger partial charge in [-0.3, -0.25) is 0 Å². The van der Waals surface area contributed by atoms with Crippen LogP contribution in [0.15, 0.2) is 0 Å². The Bertz CT molecular complexity index is 3090. The first-order valence-corrected chi connectivity index (χ1v) is 27.0. The maximum atomic E-state index is 14.0. The molecule has 0 aromatic rings. The van der Waals surface area contributed by atoms with Crippen molar-refractivity contribution in [2.75, 3.05) is 92.5 Å². The molecule has 0 amide bonds. The lowest BCUT2D eigenvalue weighted by molar-refractivity contribution is -0.639. The van der Waals surface area contributed by atoms with Crippen LogP contribution >= 0.6 is 0 Å². The van der Waals surface area contributed by atoms with E-state index >= 15 is 0 Å². The summed E-state index contributed by atoms with van der Waals surface area (Å²) < 4.78 is 794. The van der Waals surface area contributed by atoms with Gasteiger partial charge in [-0.05, 0) is 0 Å². The maximum absolute atomic E-state index is 14.0. The monoisotopic (exact) mass is 1930 g/mol. The highest BCUT2D eigenvalue weighted by molar-refractivity contribution is 4.86. The van der Waals surface area contributed by atoms with E-state index in [4.69, 9.17) is 10.2 Å². The van der Waals surface area contributed by atoms with E-state index < -0.39 is 225 Å². The second-order valence-electron chi connectivity index (χ2n) is 19.6. The topological polar surface area (TPSA) is 244 Å². The highest BCUT2D eigenvalue weighted by atomic mass is 19.4. The van der Waals surface area contributed by atoms with E-state index in [-0.39, 0.29) is 33.0 Å². The predicted octanol–water partition coefficient (Wildman–Crippen LogP) is 15.1. The van der Waals surface area contributed by atoms with Crippen LogP contribution in [-0.2, 0) is 104 Å². The second-order valence-corrected chi connectivity index (χ2v) is 19.6. The highest BCUT2D eigenvalue weighted by Crippen LogP contribution is 2.59. The molecule has 0 heterocycles. The molecule has 119 heavy (non-hydrogen) atoms. The Morgan fingerprint density at radius 3 is 0.412 bits per heavy atom. The average molecular weight is 1930 g/mol. The van der Waals surface area contributed by atoms with Crippen molar-refractivity contribution >= 4 is 0 Å². The fourth-order valence-electron chi connectivity index (χ4n) is 5.25. The van der Waals surface area contributed by atoms with E-state index in [0.717, 1.165) is 37.9 Å². The zero-order valence-electron chi connectivity index (χ0n) is 53.7. The van der Waals surface area contributed by atoms with Crippen molar-refractivity contribution in [2.45, 2.75) is 166 Å². The van der Waals surface area contributed by atoms with Crippen LogP contribution < -0.4 is 0 Å². The molecule has 0 spiro atoms. The van der Waals surface area contributed by atoms with E-state index in [2.05, 4.69) is 33.2 Å². The van der Waals surface area contributed by atoms with E-state index in [0.29, 0.717) is 0 Å². The van der Waals surface area contributed by atoms with Gasteiger partial charge >= 0.3 is 166 Å². The van der Waals surface area contributed by atoms with Crippen molar-refractivity contribution in [3.8, 4) is 0 Å². The summed E-state index contributed by atoms with van der Waals surface area (Å²) in [5.41, 5.74) is 0. The summed E-state index contributed by atoms with van der Waals surface area (Å²) in [4.78, 5) is 0. The molecule has 24 nitrogen and oxygen atoms in total. The van der Waals surface area contributed by atoms with Gasteiger partial charge in [-0.25, -0.2) is 75.8 Å². The lowest BCUT2D eigenvalue weighted by Gasteiger charge is -2.38. The lowest BCUT2D eigenvalue weighted by atomic mass is 10.4. The minimum atomic E-state index is -8.99. The minimum Gasteiger partial charge on any atom is -0.394 e. The van der Waals surface area contributed by atoms with Gasteiger partial charge in [0, 0.05) is 0 Å². The number of hydrogen-bond donors (Lipinski definition) is 2. The third-order valence-electron chi connectivity index (χ3n) is 9.94. The summed E-state index contributed by atoms with van der Waals surface area (Å²) in [6, 6.07) is 0.